The monoisotopic (exact) mass is 356 g/mol. The van der Waals surface area contributed by atoms with Crippen molar-refractivity contribution in [2.45, 2.75) is 26.3 Å². The predicted octanol–water partition coefficient (Wildman–Crippen LogP) is 3.51. The smallest absolute Gasteiger partial charge is 0.134 e. The minimum Gasteiger partial charge on any atom is -0.507 e. The Kier molecular flexibility index (Phi) is 9.24. The Balaban J connectivity index is 0.00000220. The van der Waals surface area contributed by atoms with Crippen molar-refractivity contribution in [2.75, 3.05) is 26.2 Å². The molecule has 7 heteroatoms. The lowest BCUT2D eigenvalue weighted by Gasteiger charge is -2.36. The van der Waals surface area contributed by atoms with Crippen LogP contribution in [0.25, 0.3) is 0 Å². The number of aromatic hydroxyl groups is 1. The third-order valence-electron chi connectivity index (χ3n) is 3.69. The molecule has 128 valence electrons. The number of nitrogens with zero attached hydrogens (tertiary/aromatic N) is 1. The van der Waals surface area contributed by atoms with E-state index in [1.54, 1.807) is 0 Å². The molecule has 1 atom stereocenters. The van der Waals surface area contributed by atoms with Gasteiger partial charge in [0.1, 0.15) is 17.4 Å². The van der Waals surface area contributed by atoms with Gasteiger partial charge >= 0.3 is 0 Å². The summed E-state index contributed by atoms with van der Waals surface area (Å²) in [6.45, 7) is 7.42. The zero-order chi connectivity index (χ0) is 14.7. The van der Waals surface area contributed by atoms with Crippen molar-refractivity contribution in [1.29, 1.82) is 0 Å². The van der Waals surface area contributed by atoms with Gasteiger partial charge in [0.25, 0.3) is 0 Å². The maximum Gasteiger partial charge on any atom is 0.134 e. The molecule has 1 aromatic carbocycles. The summed E-state index contributed by atoms with van der Waals surface area (Å²) in [5.74, 6) is -1.33. The average molecular weight is 357 g/mol. The zero-order valence-electron chi connectivity index (χ0n) is 12.8. The lowest BCUT2D eigenvalue weighted by Crippen LogP contribution is -2.45. The summed E-state index contributed by atoms with van der Waals surface area (Å²) in [5, 5.41) is 13.2. The van der Waals surface area contributed by atoms with Crippen LogP contribution in [-0.4, -0.2) is 36.2 Å². The topological polar surface area (TPSA) is 35.5 Å². The van der Waals surface area contributed by atoms with Crippen LogP contribution >= 0.6 is 24.8 Å². The van der Waals surface area contributed by atoms with Crippen LogP contribution in [0.5, 0.6) is 5.75 Å². The van der Waals surface area contributed by atoms with Gasteiger partial charge < -0.3 is 10.4 Å². The fourth-order valence-corrected chi connectivity index (χ4v) is 2.79. The Hall–Kier alpha value is -0.620. The van der Waals surface area contributed by atoms with E-state index >= 15 is 0 Å². The largest absolute Gasteiger partial charge is 0.507 e. The second kappa shape index (κ2) is 9.50. The van der Waals surface area contributed by atoms with Crippen molar-refractivity contribution < 1.29 is 13.9 Å². The lowest BCUT2D eigenvalue weighted by atomic mass is 9.94. The molecule has 2 rings (SSSR count). The second-order valence-corrected chi connectivity index (χ2v) is 5.75. The van der Waals surface area contributed by atoms with E-state index < -0.39 is 11.6 Å². The van der Waals surface area contributed by atoms with Crippen LogP contribution in [0.4, 0.5) is 8.78 Å². The molecular formula is C15H24Cl2F2N2O. The van der Waals surface area contributed by atoms with Gasteiger partial charge in [-0.05, 0) is 12.3 Å². The summed E-state index contributed by atoms with van der Waals surface area (Å²) in [4.78, 5) is 2.16. The summed E-state index contributed by atoms with van der Waals surface area (Å²) in [6, 6.07) is 1.64. The standard InChI is InChI=1S/C15H22F2N2O.2ClH/c1-10(2)7-13(19-5-3-18-4-6-19)15-12(17)8-11(16)9-14(15)20;;/h8-10,13,18,20H,3-7H2,1-2H3;2*1H/t13-;;/m0../s1. The number of piperazine rings is 1. The van der Waals surface area contributed by atoms with Crippen LogP contribution in [0.15, 0.2) is 12.1 Å². The van der Waals surface area contributed by atoms with E-state index in [1.165, 1.54) is 0 Å². The van der Waals surface area contributed by atoms with Crippen molar-refractivity contribution in [2.24, 2.45) is 5.92 Å². The van der Waals surface area contributed by atoms with Gasteiger partial charge in [-0.1, -0.05) is 13.8 Å². The first-order chi connectivity index (χ1) is 9.49. The average Bonchev–Trinajstić information content (AvgIpc) is 2.37. The van der Waals surface area contributed by atoms with E-state index in [1.807, 2.05) is 0 Å². The predicted molar refractivity (Wildman–Crippen MR) is 89.2 cm³/mol. The first-order valence-electron chi connectivity index (χ1n) is 7.11. The van der Waals surface area contributed by atoms with Gasteiger partial charge in [0, 0.05) is 49.9 Å². The van der Waals surface area contributed by atoms with Crippen LogP contribution in [0, 0.1) is 17.6 Å². The third-order valence-corrected chi connectivity index (χ3v) is 3.69. The van der Waals surface area contributed by atoms with E-state index in [4.69, 9.17) is 0 Å². The van der Waals surface area contributed by atoms with E-state index in [2.05, 4.69) is 24.1 Å². The van der Waals surface area contributed by atoms with Crippen LogP contribution in [0.2, 0.25) is 0 Å². The SMILES string of the molecule is CC(C)C[C@@H](c1c(O)cc(F)cc1F)N1CCNCC1.Cl.Cl. The second-order valence-electron chi connectivity index (χ2n) is 5.75. The van der Waals surface area contributed by atoms with Crippen molar-refractivity contribution in [3.8, 4) is 5.75 Å². The highest BCUT2D eigenvalue weighted by Crippen LogP contribution is 2.36. The van der Waals surface area contributed by atoms with Gasteiger partial charge in [-0.15, -0.1) is 24.8 Å². The lowest BCUT2D eigenvalue weighted by molar-refractivity contribution is 0.148. The normalized spacial score (nSPS) is 16.8. The molecule has 1 heterocycles. The number of rotatable bonds is 4. The molecule has 0 saturated carbocycles. The third kappa shape index (κ3) is 5.23. The van der Waals surface area contributed by atoms with Crippen LogP contribution in [-0.2, 0) is 0 Å². The number of benzene rings is 1. The summed E-state index contributed by atoms with van der Waals surface area (Å²) < 4.78 is 27.3. The molecule has 0 radical (unpaired) electrons. The molecule has 1 aliphatic heterocycles. The Bertz CT molecular complexity index is 446. The molecule has 1 saturated heterocycles. The molecule has 1 aliphatic rings. The molecule has 0 aliphatic carbocycles. The van der Waals surface area contributed by atoms with Crippen molar-refractivity contribution in [3.05, 3.63) is 29.3 Å². The van der Waals surface area contributed by atoms with E-state index in [9.17, 15) is 13.9 Å². The maximum absolute atomic E-state index is 14.1. The first kappa shape index (κ1) is 21.4. The number of phenolic OH excluding ortho intramolecular Hbond substituents is 1. The minimum atomic E-state index is -0.743. The van der Waals surface area contributed by atoms with Gasteiger partial charge in [-0.2, -0.15) is 0 Å². The maximum atomic E-state index is 14.1. The van der Waals surface area contributed by atoms with Gasteiger partial charge in [-0.3, -0.25) is 4.90 Å². The molecule has 0 spiro atoms. The number of halogens is 4. The summed E-state index contributed by atoms with van der Waals surface area (Å²) in [7, 11) is 0. The van der Waals surface area contributed by atoms with Gasteiger partial charge in [0.15, 0.2) is 0 Å². The fraction of sp³-hybridized carbons (Fsp3) is 0.600. The van der Waals surface area contributed by atoms with Gasteiger partial charge in [-0.25, -0.2) is 8.78 Å². The highest BCUT2D eigenvalue weighted by Gasteiger charge is 2.28. The summed E-state index contributed by atoms with van der Waals surface area (Å²) in [5.41, 5.74) is 0.224. The Morgan fingerprint density at radius 1 is 1.18 bits per heavy atom. The fourth-order valence-electron chi connectivity index (χ4n) is 2.79. The highest BCUT2D eigenvalue weighted by atomic mass is 35.5. The van der Waals surface area contributed by atoms with Crippen LogP contribution in [0.3, 0.4) is 0 Å². The summed E-state index contributed by atoms with van der Waals surface area (Å²) >= 11 is 0. The molecule has 22 heavy (non-hydrogen) atoms. The van der Waals surface area contributed by atoms with Crippen molar-refractivity contribution in [1.82, 2.24) is 10.2 Å². The van der Waals surface area contributed by atoms with Crippen molar-refractivity contribution >= 4 is 24.8 Å². The number of hydrogen-bond acceptors (Lipinski definition) is 3. The van der Waals surface area contributed by atoms with Crippen molar-refractivity contribution in [3.63, 3.8) is 0 Å². The zero-order valence-corrected chi connectivity index (χ0v) is 14.4. The first-order valence-corrected chi connectivity index (χ1v) is 7.11. The quantitative estimate of drug-likeness (QED) is 0.866. The Labute approximate surface area is 142 Å². The van der Waals surface area contributed by atoms with Gasteiger partial charge in [0.05, 0.1) is 0 Å². The number of phenols is 1. The van der Waals surface area contributed by atoms with E-state index in [0.717, 1.165) is 44.7 Å². The molecule has 0 bridgehead atoms. The minimum absolute atomic E-state index is 0. The molecule has 0 aromatic heterocycles. The summed E-state index contributed by atoms with van der Waals surface area (Å²) in [6.07, 6.45) is 0.732. The molecule has 0 amide bonds. The Morgan fingerprint density at radius 2 is 1.77 bits per heavy atom. The molecule has 3 nitrogen and oxygen atoms in total. The molecular weight excluding hydrogens is 333 g/mol. The van der Waals surface area contributed by atoms with Crippen LogP contribution < -0.4 is 5.32 Å². The molecule has 1 aromatic rings. The van der Waals surface area contributed by atoms with E-state index in [0.29, 0.717) is 5.92 Å². The number of nitrogens with one attached hydrogen (secondary N) is 1. The van der Waals surface area contributed by atoms with E-state index in [-0.39, 0.29) is 42.2 Å². The highest BCUT2D eigenvalue weighted by molar-refractivity contribution is 5.85. The molecule has 2 N–H and O–H groups in total. The number of hydrogen-bond donors (Lipinski definition) is 2. The van der Waals surface area contributed by atoms with Gasteiger partial charge in [0.2, 0.25) is 0 Å². The molecule has 0 unspecified atom stereocenters. The Morgan fingerprint density at radius 3 is 2.27 bits per heavy atom. The molecule has 1 fully saturated rings. The van der Waals surface area contributed by atoms with Crippen LogP contribution in [0.1, 0.15) is 31.9 Å².